The second-order valence-electron chi connectivity index (χ2n) is 6.33. The summed E-state index contributed by atoms with van der Waals surface area (Å²) in [5, 5.41) is 12.6. The molecule has 5 nitrogen and oxygen atoms in total. The molecule has 0 aliphatic carbocycles. The van der Waals surface area contributed by atoms with E-state index in [2.05, 4.69) is 5.32 Å². The van der Waals surface area contributed by atoms with Gasteiger partial charge in [0.05, 0.1) is 25.3 Å². The summed E-state index contributed by atoms with van der Waals surface area (Å²) in [5.41, 5.74) is 1.62. The standard InChI is InChI=1S/C17H26N2O3/c1-12-6-7-15(22-4)14(10-12)13(2)18-16(21)19-9-5-8-17(19,3)11-20/h6-7,10,13,20H,5,8-9,11H2,1-4H3,(H,18,21)/t13-,17-/m1/s1. The van der Waals surface area contributed by atoms with Gasteiger partial charge in [-0.15, -0.1) is 0 Å². The number of likely N-dealkylation sites (tertiary alicyclic amines) is 1. The third kappa shape index (κ3) is 3.19. The van der Waals surface area contributed by atoms with E-state index in [-0.39, 0.29) is 18.7 Å². The molecule has 1 fully saturated rings. The van der Waals surface area contributed by atoms with Crippen molar-refractivity contribution in [3.63, 3.8) is 0 Å². The highest BCUT2D eigenvalue weighted by Gasteiger charge is 2.39. The van der Waals surface area contributed by atoms with Crippen LogP contribution in [-0.4, -0.2) is 41.8 Å². The van der Waals surface area contributed by atoms with E-state index in [1.54, 1.807) is 12.0 Å². The molecule has 0 aromatic heterocycles. The molecule has 2 amide bonds. The van der Waals surface area contributed by atoms with Gasteiger partial charge in [0.1, 0.15) is 5.75 Å². The van der Waals surface area contributed by atoms with E-state index in [1.165, 1.54) is 0 Å². The van der Waals surface area contributed by atoms with Crippen LogP contribution in [0.1, 0.15) is 43.9 Å². The second kappa shape index (κ2) is 6.57. The van der Waals surface area contributed by atoms with Gasteiger partial charge >= 0.3 is 6.03 Å². The maximum absolute atomic E-state index is 12.6. The smallest absolute Gasteiger partial charge is 0.318 e. The molecule has 0 saturated carbocycles. The lowest BCUT2D eigenvalue weighted by molar-refractivity contribution is 0.0961. The monoisotopic (exact) mass is 306 g/mol. The Morgan fingerprint density at radius 2 is 2.27 bits per heavy atom. The molecule has 2 N–H and O–H groups in total. The largest absolute Gasteiger partial charge is 0.496 e. The number of methoxy groups -OCH3 is 1. The minimum atomic E-state index is -0.458. The summed E-state index contributed by atoms with van der Waals surface area (Å²) in [6, 6.07) is 5.64. The molecule has 1 heterocycles. The molecule has 22 heavy (non-hydrogen) atoms. The lowest BCUT2D eigenvalue weighted by Crippen LogP contribution is -2.52. The van der Waals surface area contributed by atoms with Gasteiger partial charge in [-0.2, -0.15) is 0 Å². The summed E-state index contributed by atoms with van der Waals surface area (Å²) in [7, 11) is 1.63. The fraction of sp³-hybridized carbons (Fsp3) is 0.588. The Kier molecular flexibility index (Phi) is 4.96. The number of amides is 2. The third-order valence-electron chi connectivity index (χ3n) is 4.53. The zero-order chi connectivity index (χ0) is 16.3. The van der Waals surface area contributed by atoms with Crippen LogP contribution in [0.25, 0.3) is 0 Å². The molecule has 2 rings (SSSR count). The second-order valence-corrected chi connectivity index (χ2v) is 6.33. The van der Waals surface area contributed by atoms with E-state index in [9.17, 15) is 9.90 Å². The molecule has 1 aromatic rings. The van der Waals surface area contributed by atoms with Crippen LogP contribution < -0.4 is 10.1 Å². The van der Waals surface area contributed by atoms with E-state index in [1.807, 2.05) is 39.0 Å². The van der Waals surface area contributed by atoms with E-state index < -0.39 is 5.54 Å². The predicted octanol–water partition coefficient (Wildman–Crippen LogP) is 2.62. The number of aliphatic hydroxyl groups is 1. The van der Waals surface area contributed by atoms with Crippen molar-refractivity contribution in [1.82, 2.24) is 10.2 Å². The number of hydrogen-bond donors (Lipinski definition) is 2. The van der Waals surface area contributed by atoms with E-state index in [0.717, 1.165) is 29.7 Å². The molecular formula is C17H26N2O3. The maximum atomic E-state index is 12.6. The number of nitrogens with zero attached hydrogens (tertiary/aromatic N) is 1. The topological polar surface area (TPSA) is 61.8 Å². The number of aryl methyl sites for hydroxylation is 1. The van der Waals surface area contributed by atoms with Crippen molar-refractivity contribution < 1.29 is 14.6 Å². The number of ether oxygens (including phenoxy) is 1. The Bertz CT molecular complexity index is 547. The van der Waals surface area contributed by atoms with E-state index in [0.29, 0.717) is 6.54 Å². The first kappa shape index (κ1) is 16.6. The Morgan fingerprint density at radius 1 is 1.55 bits per heavy atom. The predicted molar refractivity (Wildman–Crippen MR) is 86.1 cm³/mol. The van der Waals surface area contributed by atoms with Crippen LogP contribution in [0, 0.1) is 6.92 Å². The Labute approximate surface area is 132 Å². The van der Waals surface area contributed by atoms with Crippen LogP contribution in [0.15, 0.2) is 18.2 Å². The number of hydrogen-bond acceptors (Lipinski definition) is 3. The number of nitrogens with one attached hydrogen (secondary N) is 1. The summed E-state index contributed by atoms with van der Waals surface area (Å²) < 4.78 is 5.39. The number of rotatable bonds is 4. The molecular weight excluding hydrogens is 280 g/mol. The fourth-order valence-electron chi connectivity index (χ4n) is 3.07. The van der Waals surface area contributed by atoms with E-state index >= 15 is 0 Å². The zero-order valence-electron chi connectivity index (χ0n) is 13.8. The van der Waals surface area contributed by atoms with Gasteiger partial charge in [0.25, 0.3) is 0 Å². The Morgan fingerprint density at radius 3 is 2.91 bits per heavy atom. The zero-order valence-corrected chi connectivity index (χ0v) is 13.8. The molecule has 1 aliphatic heterocycles. The highest BCUT2D eigenvalue weighted by molar-refractivity contribution is 5.76. The number of aliphatic hydroxyl groups excluding tert-OH is 1. The maximum Gasteiger partial charge on any atom is 0.318 e. The molecule has 2 atom stereocenters. The summed E-state index contributed by atoms with van der Waals surface area (Å²) >= 11 is 0. The lowest BCUT2D eigenvalue weighted by Gasteiger charge is -2.34. The first-order valence-corrected chi connectivity index (χ1v) is 7.75. The first-order valence-electron chi connectivity index (χ1n) is 7.75. The highest BCUT2D eigenvalue weighted by atomic mass is 16.5. The Balaban J connectivity index is 2.13. The van der Waals surface area contributed by atoms with Crippen molar-refractivity contribution in [3.8, 4) is 5.75 Å². The summed E-state index contributed by atoms with van der Waals surface area (Å²) in [6.07, 6.45) is 1.76. The molecule has 0 spiro atoms. The molecule has 0 radical (unpaired) electrons. The average molecular weight is 306 g/mol. The minimum Gasteiger partial charge on any atom is -0.496 e. The lowest BCUT2D eigenvalue weighted by atomic mass is 10.0. The average Bonchev–Trinajstić information content (AvgIpc) is 2.89. The van der Waals surface area contributed by atoms with Crippen molar-refractivity contribution in [2.24, 2.45) is 0 Å². The van der Waals surface area contributed by atoms with Crippen molar-refractivity contribution in [1.29, 1.82) is 0 Å². The number of carbonyl (C=O) groups is 1. The van der Waals surface area contributed by atoms with Crippen LogP contribution in [-0.2, 0) is 0 Å². The third-order valence-corrected chi connectivity index (χ3v) is 4.53. The quantitative estimate of drug-likeness (QED) is 0.899. The Hall–Kier alpha value is -1.75. The van der Waals surface area contributed by atoms with Crippen LogP contribution in [0.2, 0.25) is 0 Å². The highest BCUT2D eigenvalue weighted by Crippen LogP contribution is 2.30. The van der Waals surface area contributed by atoms with Crippen molar-refractivity contribution in [2.75, 3.05) is 20.3 Å². The molecule has 5 heteroatoms. The van der Waals surface area contributed by atoms with Crippen LogP contribution in [0.5, 0.6) is 5.75 Å². The number of benzene rings is 1. The van der Waals surface area contributed by atoms with Gasteiger partial charge < -0.3 is 20.1 Å². The molecule has 1 aliphatic rings. The van der Waals surface area contributed by atoms with Crippen molar-refractivity contribution >= 4 is 6.03 Å². The van der Waals surface area contributed by atoms with Gasteiger partial charge in [-0.05, 0) is 39.7 Å². The van der Waals surface area contributed by atoms with E-state index in [4.69, 9.17) is 4.74 Å². The summed E-state index contributed by atoms with van der Waals surface area (Å²) in [5.74, 6) is 0.768. The first-order chi connectivity index (χ1) is 10.4. The van der Waals surface area contributed by atoms with Gasteiger partial charge in [0.15, 0.2) is 0 Å². The molecule has 122 valence electrons. The summed E-state index contributed by atoms with van der Waals surface area (Å²) in [4.78, 5) is 14.3. The van der Waals surface area contributed by atoms with Gasteiger partial charge in [0, 0.05) is 12.1 Å². The van der Waals surface area contributed by atoms with Crippen LogP contribution >= 0.6 is 0 Å². The van der Waals surface area contributed by atoms with Crippen LogP contribution in [0.3, 0.4) is 0 Å². The molecule has 0 bridgehead atoms. The van der Waals surface area contributed by atoms with Gasteiger partial charge in [-0.1, -0.05) is 17.7 Å². The number of urea groups is 1. The molecule has 0 unspecified atom stereocenters. The normalized spacial score (nSPS) is 22.5. The van der Waals surface area contributed by atoms with Crippen LogP contribution in [0.4, 0.5) is 4.79 Å². The van der Waals surface area contributed by atoms with Gasteiger partial charge in [-0.25, -0.2) is 4.79 Å². The van der Waals surface area contributed by atoms with Crippen molar-refractivity contribution in [2.45, 2.75) is 45.2 Å². The molecule has 1 saturated heterocycles. The SMILES string of the molecule is COc1ccc(C)cc1[C@@H](C)NC(=O)N1CCC[C@]1(C)CO. The van der Waals surface area contributed by atoms with Gasteiger partial charge in [0.2, 0.25) is 0 Å². The molecule has 1 aromatic carbocycles. The fourth-order valence-corrected chi connectivity index (χ4v) is 3.07. The minimum absolute atomic E-state index is 0.0113. The summed E-state index contributed by atoms with van der Waals surface area (Å²) in [6.45, 7) is 6.56. The number of carbonyl (C=O) groups excluding carboxylic acids is 1. The van der Waals surface area contributed by atoms with Crippen molar-refractivity contribution in [3.05, 3.63) is 29.3 Å². The van der Waals surface area contributed by atoms with Gasteiger partial charge in [-0.3, -0.25) is 0 Å².